The molecule has 1 N–H and O–H groups in total. The Labute approximate surface area is 157 Å². The molecule has 2 aromatic carbocycles. The molecule has 0 fully saturated rings. The molecule has 0 saturated heterocycles. The van der Waals surface area contributed by atoms with Crippen molar-refractivity contribution in [1.29, 1.82) is 0 Å². The van der Waals surface area contributed by atoms with Crippen LogP contribution in [-0.2, 0) is 0 Å². The van der Waals surface area contributed by atoms with E-state index in [0.29, 0.717) is 10.6 Å². The molecule has 3 rings (SSSR count). The lowest BCUT2D eigenvalue weighted by molar-refractivity contribution is 0.0706. The first-order chi connectivity index (χ1) is 11.9. The van der Waals surface area contributed by atoms with Crippen LogP contribution >= 0.6 is 23.5 Å². The van der Waals surface area contributed by atoms with Crippen LogP contribution in [0.1, 0.15) is 42.2 Å². The van der Waals surface area contributed by atoms with Gasteiger partial charge < -0.3 is 9.47 Å². The van der Waals surface area contributed by atoms with Crippen LogP contribution in [0.25, 0.3) is 0 Å². The number of carbonyl (C=O) groups excluding carboxylic acids is 1. The van der Waals surface area contributed by atoms with E-state index in [9.17, 15) is 4.79 Å². The van der Waals surface area contributed by atoms with Crippen LogP contribution < -0.4 is 14.2 Å². The molecule has 0 bridgehead atoms. The molecule has 2 aromatic rings. The van der Waals surface area contributed by atoms with Gasteiger partial charge in [-0.3, -0.25) is 9.52 Å². The van der Waals surface area contributed by atoms with Gasteiger partial charge in [-0.25, -0.2) is 0 Å². The molecule has 1 aliphatic rings. The van der Waals surface area contributed by atoms with Crippen molar-refractivity contribution in [2.45, 2.75) is 36.8 Å². The number of carbonyl (C=O) groups is 1. The van der Waals surface area contributed by atoms with E-state index in [0.717, 1.165) is 34.7 Å². The molecule has 0 aromatic heterocycles. The third kappa shape index (κ3) is 4.11. The minimum atomic E-state index is -0.299. The highest BCUT2D eigenvalue weighted by Crippen LogP contribution is 2.42. The van der Waals surface area contributed by atoms with Crippen molar-refractivity contribution in [2.75, 3.05) is 7.11 Å². The normalized spacial score (nSPS) is 18.2. The summed E-state index contributed by atoms with van der Waals surface area (Å²) in [4.78, 5) is 12.0. The number of hydrogen-bond acceptors (Lipinski definition) is 5. The highest BCUT2D eigenvalue weighted by molar-refractivity contribution is 7.97. The second kappa shape index (κ2) is 7.28. The standard InChI is InChI=1S/C19H20ClNO3S/c1-19(2)10-15(14-8-12(11-22)4-6-16(14)24-19)21-25-18-9-13(20)5-7-17(18)23-3/h4-9,11,15,21H,10H2,1-3H3. The van der Waals surface area contributed by atoms with E-state index in [2.05, 4.69) is 18.6 Å². The minimum Gasteiger partial charge on any atom is -0.496 e. The third-order valence-electron chi connectivity index (χ3n) is 4.06. The molecule has 0 radical (unpaired) electrons. The highest BCUT2D eigenvalue weighted by Gasteiger charge is 2.34. The number of aldehydes is 1. The summed E-state index contributed by atoms with van der Waals surface area (Å²) < 4.78 is 14.9. The summed E-state index contributed by atoms with van der Waals surface area (Å²) >= 11 is 7.57. The number of methoxy groups -OCH3 is 1. The van der Waals surface area contributed by atoms with Gasteiger partial charge in [-0.1, -0.05) is 11.6 Å². The maximum atomic E-state index is 11.1. The van der Waals surface area contributed by atoms with Crippen molar-refractivity contribution < 1.29 is 14.3 Å². The molecule has 4 nitrogen and oxygen atoms in total. The van der Waals surface area contributed by atoms with Crippen molar-refractivity contribution in [2.24, 2.45) is 0 Å². The van der Waals surface area contributed by atoms with Crippen LogP contribution in [0.5, 0.6) is 11.5 Å². The topological polar surface area (TPSA) is 47.6 Å². The van der Waals surface area contributed by atoms with Gasteiger partial charge in [0.05, 0.1) is 12.0 Å². The van der Waals surface area contributed by atoms with E-state index in [1.54, 1.807) is 19.2 Å². The van der Waals surface area contributed by atoms with Crippen LogP contribution in [0.2, 0.25) is 5.02 Å². The maximum Gasteiger partial charge on any atom is 0.150 e. The minimum absolute atomic E-state index is 0.0346. The summed E-state index contributed by atoms with van der Waals surface area (Å²) in [6.45, 7) is 4.12. The molecular formula is C19H20ClNO3S. The molecule has 132 valence electrons. The van der Waals surface area contributed by atoms with Crippen molar-refractivity contribution in [3.8, 4) is 11.5 Å². The van der Waals surface area contributed by atoms with Crippen molar-refractivity contribution in [1.82, 2.24) is 4.72 Å². The highest BCUT2D eigenvalue weighted by atomic mass is 35.5. The number of benzene rings is 2. The fourth-order valence-electron chi connectivity index (χ4n) is 2.92. The van der Waals surface area contributed by atoms with Crippen molar-refractivity contribution >= 4 is 29.8 Å². The predicted octanol–water partition coefficient (Wildman–Crippen LogP) is 5.06. The van der Waals surface area contributed by atoms with Crippen molar-refractivity contribution in [3.05, 3.63) is 52.5 Å². The second-order valence-electron chi connectivity index (χ2n) is 6.55. The maximum absolute atomic E-state index is 11.1. The Balaban J connectivity index is 1.87. The molecule has 1 heterocycles. The molecular weight excluding hydrogens is 358 g/mol. The van der Waals surface area contributed by atoms with Crippen LogP contribution in [-0.4, -0.2) is 19.0 Å². The zero-order valence-electron chi connectivity index (χ0n) is 14.3. The van der Waals surface area contributed by atoms with Gasteiger partial charge in [-0.2, -0.15) is 0 Å². The summed E-state index contributed by atoms with van der Waals surface area (Å²) in [5, 5.41) is 0.654. The largest absolute Gasteiger partial charge is 0.496 e. The fourth-order valence-corrected chi connectivity index (χ4v) is 4.07. The van der Waals surface area contributed by atoms with Gasteiger partial charge in [0.2, 0.25) is 0 Å². The Morgan fingerprint density at radius 3 is 2.84 bits per heavy atom. The van der Waals surface area contributed by atoms with E-state index < -0.39 is 0 Å². The summed E-state index contributed by atoms with van der Waals surface area (Å²) in [5.41, 5.74) is 1.32. The Hall–Kier alpha value is -1.69. The lowest BCUT2D eigenvalue weighted by atomic mass is 9.89. The van der Waals surface area contributed by atoms with Crippen LogP contribution in [0, 0.1) is 0 Å². The zero-order chi connectivity index (χ0) is 18.0. The molecule has 0 spiro atoms. The van der Waals surface area contributed by atoms with Gasteiger partial charge in [0.1, 0.15) is 23.4 Å². The fraction of sp³-hybridized carbons (Fsp3) is 0.316. The summed E-state index contributed by atoms with van der Waals surface area (Å²) in [6.07, 6.45) is 1.63. The van der Waals surface area contributed by atoms with Gasteiger partial charge in [0.25, 0.3) is 0 Å². The second-order valence-corrected chi connectivity index (χ2v) is 7.86. The van der Waals surface area contributed by atoms with E-state index in [-0.39, 0.29) is 11.6 Å². The number of hydrogen-bond donors (Lipinski definition) is 1. The number of halogens is 1. The van der Waals surface area contributed by atoms with Gasteiger partial charge in [0, 0.05) is 28.6 Å². The Bertz CT molecular complexity index is 794. The first-order valence-corrected chi connectivity index (χ1v) is 9.15. The predicted molar refractivity (Wildman–Crippen MR) is 101 cm³/mol. The molecule has 0 aliphatic carbocycles. The Morgan fingerprint density at radius 1 is 1.32 bits per heavy atom. The lowest BCUT2D eigenvalue weighted by Crippen LogP contribution is -2.38. The van der Waals surface area contributed by atoms with Crippen LogP contribution in [0.3, 0.4) is 0 Å². The first kappa shape index (κ1) is 18.1. The zero-order valence-corrected chi connectivity index (χ0v) is 15.9. The summed E-state index contributed by atoms with van der Waals surface area (Å²) in [6, 6.07) is 11.1. The number of fused-ring (bicyclic) bond motifs is 1. The number of ether oxygens (including phenoxy) is 2. The molecule has 0 amide bonds. The summed E-state index contributed by atoms with van der Waals surface area (Å²) in [7, 11) is 1.64. The summed E-state index contributed by atoms with van der Waals surface area (Å²) in [5.74, 6) is 1.56. The van der Waals surface area contributed by atoms with E-state index in [1.165, 1.54) is 11.9 Å². The van der Waals surface area contributed by atoms with Gasteiger partial charge >= 0.3 is 0 Å². The quantitative estimate of drug-likeness (QED) is 0.583. The molecule has 1 unspecified atom stereocenters. The molecule has 0 saturated carbocycles. The van der Waals surface area contributed by atoms with Gasteiger partial charge in [-0.15, -0.1) is 0 Å². The molecule has 1 aliphatic heterocycles. The SMILES string of the molecule is COc1ccc(Cl)cc1SNC1CC(C)(C)Oc2ccc(C=O)cc21. The van der Waals surface area contributed by atoms with E-state index in [4.69, 9.17) is 21.1 Å². The third-order valence-corrected chi connectivity index (χ3v) is 5.24. The average molecular weight is 378 g/mol. The number of nitrogens with one attached hydrogen (secondary N) is 1. The molecule has 1 atom stereocenters. The van der Waals surface area contributed by atoms with Gasteiger partial charge in [0.15, 0.2) is 0 Å². The Kier molecular flexibility index (Phi) is 5.27. The van der Waals surface area contributed by atoms with Gasteiger partial charge in [-0.05, 0) is 62.2 Å². The van der Waals surface area contributed by atoms with Crippen molar-refractivity contribution in [3.63, 3.8) is 0 Å². The number of rotatable bonds is 5. The average Bonchev–Trinajstić information content (AvgIpc) is 2.58. The Morgan fingerprint density at radius 2 is 2.12 bits per heavy atom. The first-order valence-electron chi connectivity index (χ1n) is 7.96. The van der Waals surface area contributed by atoms with E-state index >= 15 is 0 Å². The smallest absolute Gasteiger partial charge is 0.150 e. The van der Waals surface area contributed by atoms with Crippen LogP contribution in [0.15, 0.2) is 41.3 Å². The monoisotopic (exact) mass is 377 g/mol. The van der Waals surface area contributed by atoms with Crippen LogP contribution in [0.4, 0.5) is 0 Å². The molecule has 6 heteroatoms. The molecule has 25 heavy (non-hydrogen) atoms. The lowest BCUT2D eigenvalue weighted by Gasteiger charge is -2.38. The van der Waals surface area contributed by atoms with E-state index in [1.807, 2.05) is 24.3 Å².